The lowest BCUT2D eigenvalue weighted by molar-refractivity contribution is -0.125. The second kappa shape index (κ2) is 11.0. The van der Waals surface area contributed by atoms with Crippen LogP contribution in [0.5, 0.6) is 5.75 Å². The SMILES string of the molecule is COc1ccc(NS(=O)(=O)c2cccc(C(=O)OCC(=O)NC3CCCCCC3)c2)cc1. The molecule has 0 aliphatic heterocycles. The van der Waals surface area contributed by atoms with E-state index in [0.29, 0.717) is 11.4 Å². The Morgan fingerprint density at radius 3 is 2.34 bits per heavy atom. The second-order valence-corrected chi connectivity index (χ2v) is 9.38. The molecule has 2 N–H and O–H groups in total. The Bertz CT molecular complexity index is 1030. The Morgan fingerprint density at radius 1 is 1.00 bits per heavy atom. The first-order chi connectivity index (χ1) is 15.4. The molecule has 1 aliphatic carbocycles. The molecule has 172 valence electrons. The number of benzene rings is 2. The zero-order chi connectivity index (χ0) is 23.0. The van der Waals surface area contributed by atoms with Gasteiger partial charge >= 0.3 is 5.97 Å². The predicted molar refractivity (Wildman–Crippen MR) is 120 cm³/mol. The van der Waals surface area contributed by atoms with Gasteiger partial charge in [-0.05, 0) is 55.3 Å². The Labute approximate surface area is 188 Å². The molecule has 2 aromatic rings. The van der Waals surface area contributed by atoms with Gasteiger partial charge in [-0.1, -0.05) is 31.7 Å². The topological polar surface area (TPSA) is 111 Å². The van der Waals surface area contributed by atoms with Crippen LogP contribution < -0.4 is 14.8 Å². The highest BCUT2D eigenvalue weighted by molar-refractivity contribution is 7.92. The third-order valence-corrected chi connectivity index (χ3v) is 6.66. The number of esters is 1. The van der Waals surface area contributed by atoms with E-state index < -0.39 is 22.6 Å². The minimum Gasteiger partial charge on any atom is -0.497 e. The van der Waals surface area contributed by atoms with Crippen molar-refractivity contribution in [3.05, 3.63) is 54.1 Å². The van der Waals surface area contributed by atoms with Gasteiger partial charge in [0.1, 0.15) is 5.75 Å². The first-order valence-corrected chi connectivity index (χ1v) is 12.1. The molecule has 1 saturated carbocycles. The fourth-order valence-corrected chi connectivity index (χ4v) is 4.67. The van der Waals surface area contributed by atoms with Gasteiger partial charge in [-0.25, -0.2) is 13.2 Å². The van der Waals surface area contributed by atoms with E-state index in [2.05, 4.69) is 10.0 Å². The molecule has 1 aliphatic rings. The molecule has 32 heavy (non-hydrogen) atoms. The Hall–Kier alpha value is -3.07. The van der Waals surface area contributed by atoms with Gasteiger partial charge in [0.2, 0.25) is 0 Å². The number of methoxy groups -OCH3 is 1. The number of hydrogen-bond acceptors (Lipinski definition) is 6. The molecule has 0 aromatic heterocycles. The van der Waals surface area contributed by atoms with Crippen LogP contribution in [0, 0.1) is 0 Å². The van der Waals surface area contributed by atoms with E-state index in [1.165, 1.54) is 44.2 Å². The smallest absolute Gasteiger partial charge is 0.338 e. The summed E-state index contributed by atoms with van der Waals surface area (Å²) < 4.78 is 38.0. The van der Waals surface area contributed by atoms with Crippen LogP contribution in [0.2, 0.25) is 0 Å². The number of nitrogens with one attached hydrogen (secondary N) is 2. The number of rotatable bonds is 8. The molecule has 0 spiro atoms. The maximum absolute atomic E-state index is 12.7. The van der Waals surface area contributed by atoms with Gasteiger partial charge in [-0.3, -0.25) is 9.52 Å². The van der Waals surface area contributed by atoms with Crippen LogP contribution in [-0.2, 0) is 19.6 Å². The number of anilines is 1. The number of hydrogen-bond donors (Lipinski definition) is 2. The summed E-state index contributed by atoms with van der Waals surface area (Å²) in [5, 5.41) is 2.91. The second-order valence-electron chi connectivity index (χ2n) is 7.69. The molecule has 0 atom stereocenters. The quantitative estimate of drug-likeness (QED) is 0.461. The summed E-state index contributed by atoms with van der Waals surface area (Å²) in [5.41, 5.74) is 0.402. The van der Waals surface area contributed by atoms with E-state index in [1.807, 2.05) is 0 Å². The largest absolute Gasteiger partial charge is 0.497 e. The lowest BCUT2D eigenvalue weighted by Crippen LogP contribution is -2.37. The van der Waals surface area contributed by atoms with Crippen molar-refractivity contribution in [1.29, 1.82) is 0 Å². The van der Waals surface area contributed by atoms with Crippen LogP contribution in [-0.4, -0.2) is 40.1 Å². The van der Waals surface area contributed by atoms with E-state index in [1.54, 1.807) is 24.3 Å². The molecule has 0 unspecified atom stereocenters. The molecule has 8 nitrogen and oxygen atoms in total. The van der Waals surface area contributed by atoms with Crippen LogP contribution in [0.1, 0.15) is 48.9 Å². The molecule has 9 heteroatoms. The van der Waals surface area contributed by atoms with Crippen molar-refractivity contribution in [1.82, 2.24) is 5.32 Å². The summed E-state index contributed by atoms with van der Waals surface area (Å²) in [5.74, 6) is -0.515. The molecule has 0 radical (unpaired) electrons. The standard InChI is InChI=1S/C23H28N2O6S/c1-30-20-13-11-19(12-14-20)25-32(28,29)21-10-6-7-17(15-21)23(27)31-16-22(26)24-18-8-4-2-3-5-9-18/h6-7,10-15,18,25H,2-5,8-9,16H2,1H3,(H,24,26). The van der Waals surface area contributed by atoms with Gasteiger partial charge in [0.15, 0.2) is 6.61 Å². The fraction of sp³-hybridized carbons (Fsp3) is 0.391. The predicted octanol–water partition coefficient (Wildman–Crippen LogP) is 3.49. The Kier molecular flexibility index (Phi) is 8.10. The zero-order valence-electron chi connectivity index (χ0n) is 18.0. The van der Waals surface area contributed by atoms with Crippen LogP contribution >= 0.6 is 0 Å². The van der Waals surface area contributed by atoms with E-state index in [4.69, 9.17) is 9.47 Å². The molecule has 0 heterocycles. The number of carbonyl (C=O) groups excluding carboxylic acids is 2. The van der Waals surface area contributed by atoms with Gasteiger partial charge in [0.25, 0.3) is 15.9 Å². The molecule has 0 saturated heterocycles. The average Bonchev–Trinajstić information content (AvgIpc) is 3.06. The normalized spacial score (nSPS) is 14.8. The van der Waals surface area contributed by atoms with Gasteiger partial charge < -0.3 is 14.8 Å². The van der Waals surface area contributed by atoms with Crippen molar-refractivity contribution in [2.45, 2.75) is 49.5 Å². The molecule has 1 amide bonds. The first kappa shape index (κ1) is 23.6. The summed E-state index contributed by atoms with van der Waals surface area (Å²) in [6.07, 6.45) is 6.37. The van der Waals surface area contributed by atoms with E-state index >= 15 is 0 Å². The number of amides is 1. The van der Waals surface area contributed by atoms with Gasteiger partial charge in [-0.2, -0.15) is 0 Å². The van der Waals surface area contributed by atoms with E-state index in [9.17, 15) is 18.0 Å². The van der Waals surface area contributed by atoms with E-state index in [-0.39, 0.29) is 22.4 Å². The van der Waals surface area contributed by atoms with Crippen LogP contribution in [0.3, 0.4) is 0 Å². The van der Waals surface area contributed by atoms with E-state index in [0.717, 1.165) is 25.7 Å². The lowest BCUT2D eigenvalue weighted by Gasteiger charge is -2.16. The number of ether oxygens (including phenoxy) is 2. The molecule has 3 rings (SSSR count). The fourth-order valence-electron chi connectivity index (χ4n) is 3.57. The van der Waals surface area contributed by atoms with Gasteiger partial charge in [0, 0.05) is 11.7 Å². The van der Waals surface area contributed by atoms with Crippen molar-refractivity contribution in [3.63, 3.8) is 0 Å². The summed E-state index contributed by atoms with van der Waals surface area (Å²) >= 11 is 0. The lowest BCUT2D eigenvalue weighted by atomic mass is 10.1. The zero-order valence-corrected chi connectivity index (χ0v) is 18.8. The summed E-state index contributed by atoms with van der Waals surface area (Å²) in [6.45, 7) is -0.406. The van der Waals surface area contributed by atoms with Crippen molar-refractivity contribution in [2.75, 3.05) is 18.4 Å². The summed E-state index contributed by atoms with van der Waals surface area (Å²) in [6, 6.07) is 12.0. The average molecular weight is 461 g/mol. The van der Waals surface area contributed by atoms with Crippen molar-refractivity contribution in [3.8, 4) is 5.75 Å². The monoisotopic (exact) mass is 460 g/mol. The van der Waals surface area contributed by atoms with Crippen LogP contribution in [0.15, 0.2) is 53.4 Å². The number of carbonyl (C=O) groups is 2. The highest BCUT2D eigenvalue weighted by Crippen LogP contribution is 2.20. The highest BCUT2D eigenvalue weighted by Gasteiger charge is 2.19. The Balaban J connectivity index is 1.58. The minimum absolute atomic E-state index is 0.0462. The van der Waals surface area contributed by atoms with Crippen LogP contribution in [0.4, 0.5) is 5.69 Å². The van der Waals surface area contributed by atoms with Crippen molar-refractivity contribution in [2.24, 2.45) is 0 Å². The number of sulfonamides is 1. The highest BCUT2D eigenvalue weighted by atomic mass is 32.2. The van der Waals surface area contributed by atoms with Crippen LogP contribution in [0.25, 0.3) is 0 Å². The minimum atomic E-state index is -3.92. The first-order valence-electron chi connectivity index (χ1n) is 10.6. The Morgan fingerprint density at radius 2 is 1.69 bits per heavy atom. The van der Waals surface area contributed by atoms with Crippen molar-refractivity contribution >= 4 is 27.6 Å². The summed E-state index contributed by atoms with van der Waals surface area (Å²) in [7, 11) is -2.40. The maximum atomic E-state index is 12.7. The maximum Gasteiger partial charge on any atom is 0.338 e. The third kappa shape index (κ3) is 6.71. The summed E-state index contributed by atoms with van der Waals surface area (Å²) in [4.78, 5) is 24.4. The van der Waals surface area contributed by atoms with Gasteiger partial charge in [0.05, 0.1) is 17.6 Å². The molecule has 2 aromatic carbocycles. The molecule has 0 bridgehead atoms. The molecule has 1 fully saturated rings. The third-order valence-electron chi connectivity index (χ3n) is 5.28. The molecular formula is C23H28N2O6S. The van der Waals surface area contributed by atoms with Gasteiger partial charge in [-0.15, -0.1) is 0 Å². The molecular weight excluding hydrogens is 432 g/mol. The van der Waals surface area contributed by atoms with Crippen molar-refractivity contribution < 1.29 is 27.5 Å².